The SMILES string of the molecule is C=CCCOC(C)CO. The largest absolute Gasteiger partial charge is 0.394 e. The molecule has 0 rings (SSSR count). The van der Waals surface area contributed by atoms with Gasteiger partial charge in [0.15, 0.2) is 0 Å². The van der Waals surface area contributed by atoms with Gasteiger partial charge in [0.1, 0.15) is 0 Å². The van der Waals surface area contributed by atoms with E-state index in [1.54, 1.807) is 6.08 Å². The normalized spacial score (nSPS) is 13.1. The Balaban J connectivity index is 2.96. The topological polar surface area (TPSA) is 29.5 Å². The molecular weight excluding hydrogens is 116 g/mol. The maximum absolute atomic E-state index is 8.48. The van der Waals surface area contributed by atoms with Gasteiger partial charge in [-0.1, -0.05) is 6.08 Å². The summed E-state index contributed by atoms with van der Waals surface area (Å²) in [5.74, 6) is 0. The number of ether oxygens (including phenoxy) is 1. The molecule has 0 spiro atoms. The average molecular weight is 130 g/mol. The number of hydrogen-bond acceptors (Lipinski definition) is 2. The highest BCUT2D eigenvalue weighted by atomic mass is 16.5. The van der Waals surface area contributed by atoms with Crippen molar-refractivity contribution in [3.05, 3.63) is 12.7 Å². The zero-order valence-corrected chi connectivity index (χ0v) is 5.84. The summed E-state index contributed by atoms with van der Waals surface area (Å²) in [6.45, 7) is 6.13. The molecule has 0 amide bonds. The molecule has 0 heterocycles. The molecule has 0 fully saturated rings. The third-order valence-corrected chi connectivity index (χ3v) is 0.981. The van der Waals surface area contributed by atoms with E-state index < -0.39 is 0 Å². The lowest BCUT2D eigenvalue weighted by Gasteiger charge is -2.07. The first-order valence-corrected chi connectivity index (χ1v) is 3.14. The van der Waals surface area contributed by atoms with Crippen LogP contribution in [0.15, 0.2) is 12.7 Å². The summed E-state index contributed by atoms with van der Waals surface area (Å²) < 4.78 is 5.11. The molecule has 1 unspecified atom stereocenters. The van der Waals surface area contributed by atoms with Gasteiger partial charge in [-0.2, -0.15) is 0 Å². The molecule has 2 nitrogen and oxygen atoms in total. The second-order valence-corrected chi connectivity index (χ2v) is 1.94. The Kier molecular flexibility index (Phi) is 5.57. The van der Waals surface area contributed by atoms with Crippen LogP contribution in [0.1, 0.15) is 13.3 Å². The zero-order chi connectivity index (χ0) is 7.11. The summed E-state index contributed by atoms with van der Waals surface area (Å²) in [4.78, 5) is 0. The lowest BCUT2D eigenvalue weighted by molar-refractivity contribution is 0.0275. The highest BCUT2D eigenvalue weighted by Gasteiger charge is 1.95. The predicted molar refractivity (Wildman–Crippen MR) is 37.3 cm³/mol. The minimum absolute atomic E-state index is 0.0371. The number of aliphatic hydroxyl groups is 1. The van der Waals surface area contributed by atoms with E-state index >= 15 is 0 Å². The average Bonchev–Trinajstić information content (AvgIpc) is 1.89. The van der Waals surface area contributed by atoms with Crippen LogP contribution in [-0.4, -0.2) is 24.4 Å². The molecule has 1 N–H and O–H groups in total. The van der Waals surface area contributed by atoms with Crippen molar-refractivity contribution in [1.82, 2.24) is 0 Å². The fourth-order valence-electron chi connectivity index (χ4n) is 0.405. The van der Waals surface area contributed by atoms with E-state index in [1.807, 2.05) is 6.92 Å². The first-order chi connectivity index (χ1) is 4.31. The van der Waals surface area contributed by atoms with Gasteiger partial charge < -0.3 is 9.84 Å². The van der Waals surface area contributed by atoms with Crippen molar-refractivity contribution < 1.29 is 9.84 Å². The predicted octanol–water partition coefficient (Wildman–Crippen LogP) is 0.960. The van der Waals surface area contributed by atoms with E-state index in [0.717, 1.165) is 6.42 Å². The van der Waals surface area contributed by atoms with Crippen molar-refractivity contribution in [2.75, 3.05) is 13.2 Å². The van der Waals surface area contributed by atoms with Crippen LogP contribution in [0.25, 0.3) is 0 Å². The minimum atomic E-state index is -0.0371. The molecule has 0 saturated heterocycles. The van der Waals surface area contributed by atoms with Crippen molar-refractivity contribution >= 4 is 0 Å². The fraction of sp³-hybridized carbons (Fsp3) is 0.714. The lowest BCUT2D eigenvalue weighted by atomic mass is 10.4. The molecule has 0 aromatic heterocycles. The van der Waals surface area contributed by atoms with Crippen molar-refractivity contribution in [3.8, 4) is 0 Å². The van der Waals surface area contributed by atoms with Crippen LogP contribution in [0.3, 0.4) is 0 Å². The smallest absolute Gasteiger partial charge is 0.0777 e. The molecule has 0 aliphatic heterocycles. The van der Waals surface area contributed by atoms with Gasteiger partial charge in [-0.15, -0.1) is 6.58 Å². The number of rotatable bonds is 5. The van der Waals surface area contributed by atoms with Crippen molar-refractivity contribution in [3.63, 3.8) is 0 Å². The van der Waals surface area contributed by atoms with Gasteiger partial charge in [-0.05, 0) is 13.3 Å². The van der Waals surface area contributed by atoms with Gasteiger partial charge in [0.2, 0.25) is 0 Å². The van der Waals surface area contributed by atoms with Gasteiger partial charge in [0.25, 0.3) is 0 Å². The molecule has 0 aliphatic rings. The second kappa shape index (κ2) is 5.79. The Labute approximate surface area is 56.1 Å². The monoisotopic (exact) mass is 130 g/mol. The minimum Gasteiger partial charge on any atom is -0.394 e. The molecule has 1 atom stereocenters. The van der Waals surface area contributed by atoms with E-state index in [0.29, 0.717) is 6.61 Å². The second-order valence-electron chi connectivity index (χ2n) is 1.94. The van der Waals surface area contributed by atoms with Crippen LogP contribution in [0.2, 0.25) is 0 Å². The quantitative estimate of drug-likeness (QED) is 0.443. The third kappa shape index (κ3) is 5.53. The Morgan fingerprint density at radius 2 is 2.44 bits per heavy atom. The maximum atomic E-state index is 8.48. The highest BCUT2D eigenvalue weighted by molar-refractivity contribution is 4.65. The van der Waals surface area contributed by atoms with Crippen LogP contribution >= 0.6 is 0 Å². The zero-order valence-electron chi connectivity index (χ0n) is 5.84. The molecule has 54 valence electrons. The lowest BCUT2D eigenvalue weighted by Crippen LogP contribution is -2.13. The van der Waals surface area contributed by atoms with Crippen molar-refractivity contribution in [2.45, 2.75) is 19.4 Å². The molecule has 0 aliphatic carbocycles. The Bertz CT molecular complexity index is 71.3. The Hall–Kier alpha value is -0.340. The molecule has 0 aromatic rings. The number of hydrogen-bond donors (Lipinski definition) is 1. The van der Waals surface area contributed by atoms with Crippen LogP contribution in [0, 0.1) is 0 Å². The standard InChI is InChI=1S/C7H14O2/c1-3-4-5-9-7(2)6-8/h3,7-8H,1,4-6H2,2H3. The first-order valence-electron chi connectivity index (χ1n) is 3.14. The summed E-state index contributed by atoms with van der Waals surface area (Å²) in [6.07, 6.45) is 2.61. The Morgan fingerprint density at radius 3 is 2.89 bits per heavy atom. The summed E-state index contributed by atoms with van der Waals surface area (Å²) in [5, 5.41) is 8.48. The van der Waals surface area contributed by atoms with Gasteiger partial charge in [-0.3, -0.25) is 0 Å². The molecule has 0 bridgehead atoms. The molecule has 2 heteroatoms. The van der Waals surface area contributed by atoms with Gasteiger partial charge >= 0.3 is 0 Å². The third-order valence-electron chi connectivity index (χ3n) is 0.981. The first kappa shape index (κ1) is 8.66. The van der Waals surface area contributed by atoms with Gasteiger partial charge in [-0.25, -0.2) is 0 Å². The fourth-order valence-corrected chi connectivity index (χ4v) is 0.405. The van der Waals surface area contributed by atoms with Crippen molar-refractivity contribution in [2.24, 2.45) is 0 Å². The molecular formula is C7H14O2. The molecule has 0 aromatic carbocycles. The maximum Gasteiger partial charge on any atom is 0.0777 e. The van der Waals surface area contributed by atoms with E-state index in [9.17, 15) is 0 Å². The van der Waals surface area contributed by atoms with E-state index in [4.69, 9.17) is 9.84 Å². The van der Waals surface area contributed by atoms with Gasteiger partial charge in [0.05, 0.1) is 19.3 Å². The summed E-state index contributed by atoms with van der Waals surface area (Å²) in [6, 6.07) is 0. The Morgan fingerprint density at radius 1 is 1.78 bits per heavy atom. The molecule has 0 radical (unpaired) electrons. The molecule has 9 heavy (non-hydrogen) atoms. The van der Waals surface area contributed by atoms with Crippen LogP contribution in [-0.2, 0) is 4.74 Å². The molecule has 0 saturated carbocycles. The summed E-state index contributed by atoms with van der Waals surface area (Å²) in [7, 11) is 0. The summed E-state index contributed by atoms with van der Waals surface area (Å²) in [5.41, 5.74) is 0. The highest BCUT2D eigenvalue weighted by Crippen LogP contribution is 1.90. The summed E-state index contributed by atoms with van der Waals surface area (Å²) >= 11 is 0. The van der Waals surface area contributed by atoms with Crippen LogP contribution < -0.4 is 0 Å². The number of aliphatic hydroxyl groups excluding tert-OH is 1. The van der Waals surface area contributed by atoms with E-state index in [1.165, 1.54) is 0 Å². The van der Waals surface area contributed by atoms with E-state index in [-0.39, 0.29) is 12.7 Å². The van der Waals surface area contributed by atoms with E-state index in [2.05, 4.69) is 6.58 Å². The van der Waals surface area contributed by atoms with Crippen molar-refractivity contribution in [1.29, 1.82) is 0 Å². The van der Waals surface area contributed by atoms with Crippen LogP contribution in [0.4, 0.5) is 0 Å². The van der Waals surface area contributed by atoms with Crippen LogP contribution in [0.5, 0.6) is 0 Å². The van der Waals surface area contributed by atoms with Gasteiger partial charge in [0, 0.05) is 0 Å².